The Labute approximate surface area is 111 Å². The minimum absolute atomic E-state index is 0.0716. The van der Waals surface area contributed by atoms with Crippen LogP contribution in [0.4, 0.5) is 5.69 Å². The van der Waals surface area contributed by atoms with Crippen LogP contribution in [0.2, 0.25) is 0 Å². The number of nitrogens with two attached hydrogens (primary N) is 1. The molecule has 1 fully saturated rings. The standard InChI is InChI=1S/C13H17N3O3/c14-12(17)8-19-11-5-3-10(4-6-11)16-13(18)7-15-9-1-2-9/h3-6,9,15H,1-2,7-8H2,(H2,14,17)(H,16,18). The molecule has 1 saturated carbocycles. The quantitative estimate of drug-likeness (QED) is 0.657. The normalized spacial score (nSPS) is 13.9. The van der Waals surface area contributed by atoms with E-state index in [1.54, 1.807) is 24.3 Å². The topological polar surface area (TPSA) is 93.5 Å². The van der Waals surface area contributed by atoms with Crippen molar-refractivity contribution in [3.05, 3.63) is 24.3 Å². The molecule has 0 unspecified atom stereocenters. The van der Waals surface area contributed by atoms with Gasteiger partial charge in [-0.2, -0.15) is 0 Å². The van der Waals surface area contributed by atoms with Crippen molar-refractivity contribution in [1.29, 1.82) is 0 Å². The molecule has 1 aromatic carbocycles. The molecule has 4 N–H and O–H groups in total. The molecule has 0 aliphatic heterocycles. The third kappa shape index (κ3) is 4.97. The molecule has 2 rings (SSSR count). The SMILES string of the molecule is NC(=O)COc1ccc(NC(=O)CNC2CC2)cc1. The maximum atomic E-state index is 11.6. The van der Waals surface area contributed by atoms with Crippen molar-refractivity contribution in [2.75, 3.05) is 18.5 Å². The summed E-state index contributed by atoms with van der Waals surface area (Å²) in [5.41, 5.74) is 5.66. The second-order valence-electron chi connectivity index (χ2n) is 4.48. The Balaban J connectivity index is 1.76. The lowest BCUT2D eigenvalue weighted by atomic mass is 10.3. The summed E-state index contributed by atoms with van der Waals surface area (Å²) in [6, 6.07) is 7.28. The molecule has 0 atom stereocenters. The Morgan fingerprint density at radius 3 is 2.53 bits per heavy atom. The van der Waals surface area contributed by atoms with Crippen LogP contribution in [0.15, 0.2) is 24.3 Å². The van der Waals surface area contributed by atoms with Crippen LogP contribution >= 0.6 is 0 Å². The van der Waals surface area contributed by atoms with E-state index in [-0.39, 0.29) is 12.5 Å². The molecule has 19 heavy (non-hydrogen) atoms. The summed E-state index contributed by atoms with van der Waals surface area (Å²) in [5, 5.41) is 5.90. The Hall–Kier alpha value is -2.08. The number of hydrogen-bond acceptors (Lipinski definition) is 4. The maximum Gasteiger partial charge on any atom is 0.255 e. The van der Waals surface area contributed by atoms with Crippen LogP contribution in [0, 0.1) is 0 Å². The van der Waals surface area contributed by atoms with Crippen LogP contribution in [0.3, 0.4) is 0 Å². The fourth-order valence-corrected chi connectivity index (χ4v) is 1.52. The van der Waals surface area contributed by atoms with Gasteiger partial charge in [0.1, 0.15) is 5.75 Å². The Morgan fingerprint density at radius 1 is 1.26 bits per heavy atom. The molecule has 0 saturated heterocycles. The highest BCUT2D eigenvalue weighted by Gasteiger charge is 2.21. The van der Waals surface area contributed by atoms with Crippen molar-refractivity contribution >= 4 is 17.5 Å². The fourth-order valence-electron chi connectivity index (χ4n) is 1.52. The molecule has 2 amide bonds. The molecule has 1 aliphatic rings. The van der Waals surface area contributed by atoms with Crippen molar-refractivity contribution in [2.24, 2.45) is 5.73 Å². The van der Waals surface area contributed by atoms with Crippen LogP contribution in [-0.4, -0.2) is 31.0 Å². The first-order valence-corrected chi connectivity index (χ1v) is 6.18. The van der Waals surface area contributed by atoms with Gasteiger partial charge in [0, 0.05) is 11.7 Å². The van der Waals surface area contributed by atoms with E-state index in [4.69, 9.17) is 10.5 Å². The van der Waals surface area contributed by atoms with E-state index in [2.05, 4.69) is 10.6 Å². The molecule has 0 radical (unpaired) electrons. The molecule has 6 heteroatoms. The summed E-state index contributed by atoms with van der Waals surface area (Å²) in [7, 11) is 0. The van der Waals surface area contributed by atoms with E-state index in [0.717, 1.165) is 12.8 Å². The van der Waals surface area contributed by atoms with Gasteiger partial charge in [-0.1, -0.05) is 0 Å². The summed E-state index contributed by atoms with van der Waals surface area (Å²) in [4.78, 5) is 22.1. The number of amides is 2. The predicted octanol–water partition coefficient (Wildman–Crippen LogP) is 0.241. The number of carbonyl (C=O) groups excluding carboxylic acids is 2. The van der Waals surface area contributed by atoms with Crippen molar-refractivity contribution in [3.63, 3.8) is 0 Å². The third-order valence-electron chi connectivity index (χ3n) is 2.65. The average Bonchev–Trinajstić information content (AvgIpc) is 3.19. The Bertz CT molecular complexity index is 455. The second kappa shape index (κ2) is 6.19. The summed E-state index contributed by atoms with van der Waals surface area (Å²) in [6.07, 6.45) is 2.30. The van der Waals surface area contributed by atoms with Gasteiger partial charge in [0.15, 0.2) is 6.61 Å². The van der Waals surface area contributed by atoms with Gasteiger partial charge >= 0.3 is 0 Å². The Kier molecular flexibility index (Phi) is 4.35. The average molecular weight is 263 g/mol. The van der Waals surface area contributed by atoms with E-state index >= 15 is 0 Å². The third-order valence-corrected chi connectivity index (χ3v) is 2.65. The van der Waals surface area contributed by atoms with Gasteiger partial charge in [0.05, 0.1) is 6.54 Å². The summed E-state index contributed by atoms with van der Waals surface area (Å²) >= 11 is 0. The highest BCUT2D eigenvalue weighted by atomic mass is 16.5. The number of anilines is 1. The van der Waals surface area contributed by atoms with Crippen LogP contribution in [0.1, 0.15) is 12.8 Å². The highest BCUT2D eigenvalue weighted by Crippen LogP contribution is 2.18. The maximum absolute atomic E-state index is 11.6. The van der Waals surface area contributed by atoms with E-state index in [1.165, 1.54) is 0 Å². The summed E-state index contributed by atoms with van der Waals surface area (Å²) in [6.45, 7) is 0.168. The van der Waals surface area contributed by atoms with Gasteiger partial charge < -0.3 is 21.1 Å². The molecular weight excluding hydrogens is 246 g/mol. The molecular formula is C13H17N3O3. The molecule has 1 aromatic rings. The lowest BCUT2D eigenvalue weighted by Crippen LogP contribution is -2.29. The van der Waals surface area contributed by atoms with Crippen molar-refractivity contribution in [1.82, 2.24) is 5.32 Å². The van der Waals surface area contributed by atoms with Crippen molar-refractivity contribution < 1.29 is 14.3 Å². The number of carbonyl (C=O) groups is 2. The second-order valence-corrected chi connectivity index (χ2v) is 4.48. The number of primary amides is 1. The molecule has 0 bridgehead atoms. The summed E-state index contributed by atoms with van der Waals surface area (Å²) in [5.74, 6) is -0.0610. The zero-order chi connectivity index (χ0) is 13.7. The number of ether oxygens (including phenoxy) is 1. The van der Waals surface area contributed by atoms with Gasteiger partial charge in [-0.3, -0.25) is 9.59 Å². The number of benzene rings is 1. The van der Waals surface area contributed by atoms with Crippen LogP contribution in [0.5, 0.6) is 5.75 Å². The lowest BCUT2D eigenvalue weighted by molar-refractivity contribution is -0.120. The minimum atomic E-state index is -0.525. The van der Waals surface area contributed by atoms with Crippen LogP contribution < -0.4 is 21.1 Å². The van der Waals surface area contributed by atoms with Crippen LogP contribution in [0.25, 0.3) is 0 Å². The number of nitrogens with one attached hydrogen (secondary N) is 2. The fraction of sp³-hybridized carbons (Fsp3) is 0.385. The predicted molar refractivity (Wildman–Crippen MR) is 70.8 cm³/mol. The monoisotopic (exact) mass is 263 g/mol. The first-order chi connectivity index (χ1) is 9.13. The summed E-state index contributed by atoms with van der Waals surface area (Å²) < 4.78 is 5.12. The van der Waals surface area contributed by atoms with Gasteiger partial charge in [0.2, 0.25) is 5.91 Å². The first-order valence-electron chi connectivity index (χ1n) is 6.18. The molecule has 1 aliphatic carbocycles. The van der Waals surface area contributed by atoms with E-state index in [1.807, 2.05) is 0 Å². The van der Waals surface area contributed by atoms with E-state index in [9.17, 15) is 9.59 Å². The zero-order valence-corrected chi connectivity index (χ0v) is 10.5. The van der Waals surface area contributed by atoms with Gasteiger partial charge in [-0.05, 0) is 37.1 Å². The lowest BCUT2D eigenvalue weighted by Gasteiger charge is -2.07. The van der Waals surface area contributed by atoms with Gasteiger partial charge in [-0.15, -0.1) is 0 Å². The van der Waals surface area contributed by atoms with E-state index < -0.39 is 5.91 Å². The number of rotatable bonds is 7. The van der Waals surface area contributed by atoms with Crippen LogP contribution in [-0.2, 0) is 9.59 Å². The zero-order valence-electron chi connectivity index (χ0n) is 10.5. The van der Waals surface area contributed by atoms with Crippen molar-refractivity contribution in [2.45, 2.75) is 18.9 Å². The van der Waals surface area contributed by atoms with Crippen molar-refractivity contribution in [3.8, 4) is 5.75 Å². The van der Waals surface area contributed by atoms with Gasteiger partial charge in [0.25, 0.3) is 5.91 Å². The van der Waals surface area contributed by atoms with E-state index in [0.29, 0.717) is 24.0 Å². The smallest absolute Gasteiger partial charge is 0.255 e. The molecule has 0 heterocycles. The molecule has 0 spiro atoms. The molecule has 6 nitrogen and oxygen atoms in total. The molecule has 0 aromatic heterocycles. The minimum Gasteiger partial charge on any atom is -0.484 e. The first kappa shape index (κ1) is 13.4. The number of hydrogen-bond donors (Lipinski definition) is 3. The largest absolute Gasteiger partial charge is 0.484 e. The highest BCUT2D eigenvalue weighted by molar-refractivity contribution is 5.92. The Morgan fingerprint density at radius 2 is 1.95 bits per heavy atom. The molecule has 102 valence electrons. The van der Waals surface area contributed by atoms with Gasteiger partial charge in [-0.25, -0.2) is 0 Å².